The molecule has 1 aliphatic carbocycles. The van der Waals surface area contributed by atoms with Crippen LogP contribution in [0, 0.1) is 0 Å². The van der Waals surface area contributed by atoms with Gasteiger partial charge in [0, 0.05) is 51.1 Å². The van der Waals surface area contributed by atoms with Gasteiger partial charge in [-0.25, -0.2) is 15.0 Å². The van der Waals surface area contributed by atoms with Gasteiger partial charge in [-0.2, -0.15) is 0 Å². The van der Waals surface area contributed by atoms with Gasteiger partial charge in [0.2, 0.25) is 0 Å². The molecule has 5 aromatic carbocycles. The smallest absolute Gasteiger partial charge is 0.167 e. The minimum atomic E-state index is 0.0533. The van der Waals surface area contributed by atoms with Crippen molar-refractivity contribution in [3.8, 4) is 45.4 Å². The van der Waals surface area contributed by atoms with Crippen molar-refractivity contribution in [3.63, 3.8) is 0 Å². The summed E-state index contributed by atoms with van der Waals surface area (Å²) in [5.41, 5.74) is 10.0. The third kappa shape index (κ3) is 4.57. The van der Waals surface area contributed by atoms with E-state index in [1.807, 2.05) is 85.1 Å². The lowest BCUT2D eigenvalue weighted by molar-refractivity contribution is 0.584. The fraction of sp³-hybridized carbons (Fsp3) is 0.0455. The van der Waals surface area contributed by atoms with Crippen LogP contribution >= 0.6 is 0 Å². The molecule has 0 amide bonds. The molecule has 0 spiro atoms. The van der Waals surface area contributed by atoms with Gasteiger partial charge in [0.15, 0.2) is 17.5 Å². The largest absolute Gasteiger partial charge is 0.456 e. The lowest BCUT2D eigenvalue weighted by Gasteiger charge is -2.30. The van der Waals surface area contributed by atoms with E-state index < -0.39 is 0 Å². The second kappa shape index (κ2) is 11.5. The zero-order valence-electron chi connectivity index (χ0n) is 26.9. The lowest BCUT2D eigenvalue weighted by atomic mass is 9.82. The van der Waals surface area contributed by atoms with Crippen LogP contribution in [-0.2, 0) is 0 Å². The van der Waals surface area contributed by atoms with Crippen molar-refractivity contribution < 1.29 is 4.42 Å². The number of para-hydroxylation sites is 2. The first kappa shape index (κ1) is 28.4. The van der Waals surface area contributed by atoms with Gasteiger partial charge < -0.3 is 9.32 Å². The Balaban J connectivity index is 1.24. The molecule has 50 heavy (non-hydrogen) atoms. The highest BCUT2D eigenvalue weighted by Gasteiger charge is 2.43. The molecule has 1 aliphatic heterocycles. The number of furan rings is 1. The number of anilines is 2. The molecule has 6 nitrogen and oxygen atoms in total. The molecule has 10 rings (SSSR count). The number of rotatable bonds is 5. The topological polar surface area (TPSA) is 67.9 Å². The fourth-order valence-corrected chi connectivity index (χ4v) is 7.53. The van der Waals surface area contributed by atoms with Gasteiger partial charge in [0.05, 0.1) is 17.3 Å². The summed E-state index contributed by atoms with van der Waals surface area (Å²) in [7, 11) is 0. The van der Waals surface area contributed by atoms with Gasteiger partial charge in [-0.05, 0) is 54.1 Å². The summed E-state index contributed by atoms with van der Waals surface area (Å²) < 4.78 is 6.90. The molecule has 0 saturated carbocycles. The molecule has 2 aliphatic rings. The zero-order valence-corrected chi connectivity index (χ0v) is 26.9. The van der Waals surface area contributed by atoms with E-state index in [4.69, 9.17) is 24.4 Å². The van der Waals surface area contributed by atoms with E-state index in [9.17, 15) is 0 Å². The van der Waals surface area contributed by atoms with Crippen LogP contribution in [0.5, 0.6) is 0 Å². The second-order valence-corrected chi connectivity index (χ2v) is 12.6. The van der Waals surface area contributed by atoms with Crippen molar-refractivity contribution >= 4 is 28.4 Å². The molecule has 2 atom stereocenters. The molecular formula is C44H29N5O. The minimum absolute atomic E-state index is 0.0533. The van der Waals surface area contributed by atoms with Gasteiger partial charge in [-0.15, -0.1) is 0 Å². The number of hydrogen-bond acceptors (Lipinski definition) is 6. The summed E-state index contributed by atoms with van der Waals surface area (Å²) in [6.07, 6.45) is 6.25. The van der Waals surface area contributed by atoms with E-state index in [-0.39, 0.29) is 12.0 Å². The zero-order chi connectivity index (χ0) is 33.0. The van der Waals surface area contributed by atoms with Crippen molar-refractivity contribution in [2.24, 2.45) is 0 Å². The molecule has 4 heterocycles. The molecule has 0 N–H and O–H groups in total. The summed E-state index contributed by atoms with van der Waals surface area (Å²) in [5, 5.41) is 1.03. The SMILES string of the molecule is C1=CC2C(c3ccccc3N2c2ccccc2)c2c1oc1c(-c3nc(-c4ccccc4)nc(-c4ccccc4)n3)cc(-c3ccccn3)cc21. The van der Waals surface area contributed by atoms with Crippen LogP contribution in [0.3, 0.4) is 0 Å². The molecule has 0 saturated heterocycles. The van der Waals surface area contributed by atoms with Gasteiger partial charge in [0.1, 0.15) is 11.3 Å². The van der Waals surface area contributed by atoms with Gasteiger partial charge in [0.25, 0.3) is 0 Å². The van der Waals surface area contributed by atoms with Crippen LogP contribution in [0.15, 0.2) is 162 Å². The van der Waals surface area contributed by atoms with Crippen molar-refractivity contribution in [3.05, 3.63) is 175 Å². The molecule has 0 radical (unpaired) electrons. The van der Waals surface area contributed by atoms with E-state index in [0.29, 0.717) is 17.5 Å². The quantitative estimate of drug-likeness (QED) is 0.186. The summed E-state index contributed by atoms with van der Waals surface area (Å²) in [6, 6.07) is 49.9. The first-order valence-electron chi connectivity index (χ1n) is 16.8. The van der Waals surface area contributed by atoms with Crippen molar-refractivity contribution in [2.75, 3.05) is 4.90 Å². The molecular weight excluding hydrogens is 615 g/mol. The molecule has 2 unspecified atom stereocenters. The average Bonchev–Trinajstić information content (AvgIpc) is 3.74. The van der Waals surface area contributed by atoms with Crippen molar-refractivity contribution in [2.45, 2.75) is 12.0 Å². The molecule has 236 valence electrons. The Labute approximate surface area is 289 Å². The average molecular weight is 644 g/mol. The highest BCUT2D eigenvalue weighted by molar-refractivity contribution is 6.00. The summed E-state index contributed by atoms with van der Waals surface area (Å²) >= 11 is 0. The fourth-order valence-electron chi connectivity index (χ4n) is 7.53. The van der Waals surface area contributed by atoms with Crippen LogP contribution in [-0.4, -0.2) is 26.0 Å². The maximum Gasteiger partial charge on any atom is 0.167 e. The Kier molecular flexibility index (Phi) is 6.52. The standard InChI is InChI=1S/C44H29N5O/c1-4-14-28(15-5-1)42-46-43(29-16-6-2-7-17-29)48-44(47-42)34-27-30(35-21-12-13-25-45-35)26-33-40-38(50-41(33)34)24-23-37-39(40)32-20-10-11-22-36(32)49(37)31-18-8-3-9-19-31/h1-27,37,39H. The van der Waals surface area contributed by atoms with Crippen LogP contribution in [0.25, 0.3) is 62.5 Å². The van der Waals surface area contributed by atoms with Crippen LogP contribution in [0.4, 0.5) is 11.4 Å². The van der Waals surface area contributed by atoms with E-state index in [0.717, 1.165) is 55.9 Å². The Morgan fingerprint density at radius 1 is 0.580 bits per heavy atom. The third-order valence-corrected chi connectivity index (χ3v) is 9.72. The number of pyridine rings is 1. The summed E-state index contributed by atoms with van der Waals surface area (Å²) in [6.45, 7) is 0. The third-order valence-electron chi connectivity index (χ3n) is 9.72. The number of hydrogen-bond donors (Lipinski definition) is 0. The van der Waals surface area contributed by atoms with Gasteiger partial charge >= 0.3 is 0 Å². The summed E-state index contributed by atoms with van der Waals surface area (Å²) in [4.78, 5) is 22.4. The van der Waals surface area contributed by atoms with Crippen LogP contribution in [0.1, 0.15) is 22.8 Å². The monoisotopic (exact) mass is 643 g/mol. The van der Waals surface area contributed by atoms with E-state index in [2.05, 4.69) is 83.8 Å². The molecule has 6 heteroatoms. The van der Waals surface area contributed by atoms with Crippen molar-refractivity contribution in [1.29, 1.82) is 0 Å². The van der Waals surface area contributed by atoms with E-state index in [1.54, 1.807) is 0 Å². The van der Waals surface area contributed by atoms with E-state index >= 15 is 0 Å². The first-order chi connectivity index (χ1) is 24.8. The lowest BCUT2D eigenvalue weighted by Crippen LogP contribution is -2.30. The maximum atomic E-state index is 6.90. The Hall–Kier alpha value is -6.66. The predicted octanol–water partition coefficient (Wildman–Crippen LogP) is 10.4. The number of benzene rings is 5. The number of aromatic nitrogens is 4. The molecule has 0 fully saturated rings. The van der Waals surface area contributed by atoms with E-state index in [1.165, 1.54) is 11.3 Å². The van der Waals surface area contributed by atoms with Crippen molar-refractivity contribution in [1.82, 2.24) is 19.9 Å². The predicted molar refractivity (Wildman–Crippen MR) is 199 cm³/mol. The van der Waals surface area contributed by atoms with Crippen LogP contribution < -0.4 is 4.90 Å². The number of fused-ring (bicyclic) bond motifs is 7. The minimum Gasteiger partial charge on any atom is -0.456 e. The van der Waals surface area contributed by atoms with Crippen LogP contribution in [0.2, 0.25) is 0 Å². The summed E-state index contributed by atoms with van der Waals surface area (Å²) in [5.74, 6) is 2.66. The highest BCUT2D eigenvalue weighted by atomic mass is 16.3. The highest BCUT2D eigenvalue weighted by Crippen LogP contribution is 2.54. The Morgan fingerprint density at radius 2 is 1.22 bits per heavy atom. The molecule has 8 aromatic rings. The second-order valence-electron chi connectivity index (χ2n) is 12.6. The molecule has 0 bridgehead atoms. The maximum absolute atomic E-state index is 6.90. The number of nitrogens with zero attached hydrogens (tertiary/aromatic N) is 5. The first-order valence-corrected chi connectivity index (χ1v) is 16.8. The Bertz CT molecular complexity index is 2490. The van der Waals surface area contributed by atoms with Gasteiger partial charge in [-0.1, -0.05) is 109 Å². The normalized spacial score (nSPS) is 15.9. The Morgan fingerprint density at radius 3 is 1.92 bits per heavy atom. The van der Waals surface area contributed by atoms with Gasteiger partial charge in [-0.3, -0.25) is 4.98 Å². The molecule has 3 aromatic heterocycles.